The van der Waals surface area contributed by atoms with Crippen LogP contribution < -0.4 is 0 Å². The van der Waals surface area contributed by atoms with Gasteiger partial charge in [-0.1, -0.05) is 23.7 Å². The van der Waals surface area contributed by atoms with Crippen LogP contribution in [-0.2, 0) is 21.2 Å². The Hall–Kier alpha value is -2.16. The molecule has 1 fully saturated rings. The lowest BCUT2D eigenvalue weighted by Crippen LogP contribution is -2.50. The average molecular weight is 413 g/mol. The van der Waals surface area contributed by atoms with Gasteiger partial charge in [0.25, 0.3) is 0 Å². The van der Waals surface area contributed by atoms with Gasteiger partial charge in [0.1, 0.15) is 11.6 Å². The van der Waals surface area contributed by atoms with E-state index in [9.17, 15) is 22.7 Å². The first-order chi connectivity index (χ1) is 12.8. The van der Waals surface area contributed by atoms with E-state index >= 15 is 0 Å². The number of nitrogens with zero attached hydrogens (tertiary/aromatic N) is 2. The van der Waals surface area contributed by atoms with Gasteiger partial charge in [0.2, 0.25) is 15.9 Å². The Balaban J connectivity index is 1.63. The standard InChI is InChI=1S/C18H18ClFN2O4S/c19-16-12-15(5-6-17(16)20)27(25,26)22-9-7-21(8-10-22)18(24)11-13-1-3-14(23)4-2-13/h1-6,12,23H,7-11H2. The molecule has 9 heteroatoms. The van der Waals surface area contributed by atoms with E-state index in [1.54, 1.807) is 17.0 Å². The van der Waals surface area contributed by atoms with E-state index in [1.165, 1.54) is 22.5 Å². The second-order valence-electron chi connectivity index (χ2n) is 6.20. The van der Waals surface area contributed by atoms with Crippen LogP contribution in [0.2, 0.25) is 5.02 Å². The number of sulfonamides is 1. The minimum Gasteiger partial charge on any atom is -0.508 e. The summed E-state index contributed by atoms with van der Waals surface area (Å²) in [4.78, 5) is 13.9. The van der Waals surface area contributed by atoms with Crippen molar-refractivity contribution >= 4 is 27.5 Å². The molecule has 2 aromatic carbocycles. The lowest BCUT2D eigenvalue weighted by Gasteiger charge is -2.34. The molecular formula is C18H18ClFN2O4S. The summed E-state index contributed by atoms with van der Waals surface area (Å²) >= 11 is 5.68. The van der Waals surface area contributed by atoms with Crippen LogP contribution >= 0.6 is 11.6 Å². The van der Waals surface area contributed by atoms with Gasteiger partial charge in [-0.2, -0.15) is 4.31 Å². The number of aromatic hydroxyl groups is 1. The van der Waals surface area contributed by atoms with E-state index < -0.39 is 15.8 Å². The quantitative estimate of drug-likeness (QED) is 0.835. The van der Waals surface area contributed by atoms with Gasteiger partial charge >= 0.3 is 0 Å². The second-order valence-corrected chi connectivity index (χ2v) is 8.55. The van der Waals surface area contributed by atoms with Crippen molar-refractivity contribution in [2.24, 2.45) is 0 Å². The fourth-order valence-electron chi connectivity index (χ4n) is 2.86. The highest BCUT2D eigenvalue weighted by Crippen LogP contribution is 2.23. The lowest BCUT2D eigenvalue weighted by molar-refractivity contribution is -0.131. The molecule has 1 heterocycles. The Morgan fingerprint density at radius 3 is 2.30 bits per heavy atom. The molecule has 0 atom stereocenters. The number of benzene rings is 2. The predicted molar refractivity (Wildman–Crippen MR) is 98.6 cm³/mol. The number of hydrogen-bond acceptors (Lipinski definition) is 4. The number of phenolic OH excluding ortho intramolecular Hbond substituents is 1. The van der Waals surface area contributed by atoms with E-state index in [0.29, 0.717) is 0 Å². The highest BCUT2D eigenvalue weighted by atomic mass is 35.5. The monoisotopic (exact) mass is 412 g/mol. The van der Waals surface area contributed by atoms with Gasteiger partial charge in [-0.3, -0.25) is 4.79 Å². The maximum absolute atomic E-state index is 13.3. The van der Waals surface area contributed by atoms with Crippen molar-refractivity contribution in [2.75, 3.05) is 26.2 Å². The van der Waals surface area contributed by atoms with E-state index in [1.807, 2.05) is 0 Å². The van der Waals surface area contributed by atoms with Gasteiger partial charge < -0.3 is 10.0 Å². The Kier molecular flexibility index (Phi) is 5.69. The van der Waals surface area contributed by atoms with Gasteiger partial charge in [-0.25, -0.2) is 12.8 Å². The summed E-state index contributed by atoms with van der Waals surface area (Å²) in [5.41, 5.74) is 0.772. The molecule has 1 N–H and O–H groups in total. The van der Waals surface area contributed by atoms with E-state index in [4.69, 9.17) is 11.6 Å². The van der Waals surface area contributed by atoms with Crippen LogP contribution in [0.25, 0.3) is 0 Å². The van der Waals surface area contributed by atoms with E-state index in [2.05, 4.69) is 0 Å². The molecule has 27 heavy (non-hydrogen) atoms. The molecule has 6 nitrogen and oxygen atoms in total. The van der Waals surface area contributed by atoms with Gasteiger partial charge in [0.15, 0.2) is 0 Å². The summed E-state index contributed by atoms with van der Waals surface area (Å²) in [6, 6.07) is 9.67. The smallest absolute Gasteiger partial charge is 0.243 e. The van der Waals surface area contributed by atoms with Crippen LogP contribution in [0.15, 0.2) is 47.4 Å². The molecule has 0 saturated carbocycles. The minimum absolute atomic E-state index is 0.0715. The normalized spacial score (nSPS) is 15.7. The summed E-state index contributed by atoms with van der Waals surface area (Å²) < 4.78 is 39.9. The lowest BCUT2D eigenvalue weighted by atomic mass is 10.1. The van der Waals surface area contributed by atoms with Gasteiger partial charge in [-0.05, 0) is 35.9 Å². The molecular weight excluding hydrogens is 395 g/mol. The number of amides is 1. The van der Waals surface area contributed by atoms with Crippen LogP contribution in [-0.4, -0.2) is 54.8 Å². The molecule has 3 rings (SSSR count). The van der Waals surface area contributed by atoms with Gasteiger partial charge in [0, 0.05) is 26.2 Å². The molecule has 144 valence electrons. The Morgan fingerprint density at radius 1 is 1.07 bits per heavy atom. The average Bonchev–Trinajstić information content (AvgIpc) is 2.66. The van der Waals surface area contributed by atoms with Crippen molar-refractivity contribution in [1.82, 2.24) is 9.21 Å². The third-order valence-electron chi connectivity index (χ3n) is 4.41. The molecule has 0 unspecified atom stereocenters. The summed E-state index contributed by atoms with van der Waals surface area (Å²) in [5, 5.41) is 9.03. The van der Waals surface area contributed by atoms with E-state index in [0.717, 1.165) is 17.7 Å². The topological polar surface area (TPSA) is 77.9 Å². The van der Waals surface area contributed by atoms with Crippen molar-refractivity contribution in [3.8, 4) is 5.75 Å². The molecule has 1 amide bonds. The van der Waals surface area contributed by atoms with Crippen molar-refractivity contribution in [1.29, 1.82) is 0 Å². The first kappa shape index (κ1) is 19.6. The van der Waals surface area contributed by atoms with Crippen molar-refractivity contribution in [3.63, 3.8) is 0 Å². The first-order valence-corrected chi connectivity index (χ1v) is 10.1. The number of piperazine rings is 1. The van der Waals surface area contributed by atoms with Crippen molar-refractivity contribution in [3.05, 3.63) is 58.9 Å². The summed E-state index contributed by atoms with van der Waals surface area (Å²) in [6.07, 6.45) is 0.181. The SMILES string of the molecule is O=C(Cc1ccc(O)cc1)N1CCN(S(=O)(=O)c2ccc(F)c(Cl)c2)CC1. The highest BCUT2D eigenvalue weighted by molar-refractivity contribution is 7.89. The third kappa shape index (κ3) is 4.40. The van der Waals surface area contributed by atoms with Crippen LogP contribution in [0.5, 0.6) is 5.75 Å². The fourth-order valence-corrected chi connectivity index (χ4v) is 4.56. The fraction of sp³-hybridized carbons (Fsp3) is 0.278. The Labute approximate surface area is 161 Å². The maximum atomic E-state index is 13.3. The third-order valence-corrected chi connectivity index (χ3v) is 6.60. The van der Waals surface area contributed by atoms with Crippen LogP contribution in [0.3, 0.4) is 0 Å². The number of carbonyl (C=O) groups excluding carboxylic acids is 1. The van der Waals surface area contributed by atoms with Gasteiger partial charge in [0.05, 0.1) is 16.3 Å². The number of hydrogen-bond donors (Lipinski definition) is 1. The van der Waals surface area contributed by atoms with Crippen molar-refractivity contribution < 1.29 is 22.7 Å². The Morgan fingerprint density at radius 2 is 1.70 bits per heavy atom. The number of carbonyl (C=O) groups is 1. The number of rotatable bonds is 4. The number of halogens is 2. The van der Waals surface area contributed by atoms with Crippen LogP contribution in [0, 0.1) is 5.82 Å². The summed E-state index contributed by atoms with van der Waals surface area (Å²) in [7, 11) is -3.80. The maximum Gasteiger partial charge on any atom is 0.243 e. The highest BCUT2D eigenvalue weighted by Gasteiger charge is 2.30. The number of phenols is 1. The minimum atomic E-state index is -3.80. The molecule has 2 aromatic rings. The molecule has 0 bridgehead atoms. The van der Waals surface area contributed by atoms with Crippen molar-refractivity contribution in [2.45, 2.75) is 11.3 Å². The first-order valence-electron chi connectivity index (χ1n) is 8.28. The Bertz CT molecular complexity index is 942. The molecule has 1 aliphatic heterocycles. The summed E-state index contributed by atoms with van der Waals surface area (Å²) in [5.74, 6) is -0.659. The molecule has 0 aromatic heterocycles. The zero-order chi connectivity index (χ0) is 19.6. The molecule has 0 radical (unpaired) electrons. The molecule has 0 spiro atoms. The zero-order valence-electron chi connectivity index (χ0n) is 14.3. The van der Waals surface area contributed by atoms with Gasteiger partial charge in [-0.15, -0.1) is 0 Å². The molecule has 0 aliphatic carbocycles. The van der Waals surface area contributed by atoms with Crippen LogP contribution in [0.4, 0.5) is 4.39 Å². The van der Waals surface area contributed by atoms with E-state index in [-0.39, 0.29) is 54.2 Å². The zero-order valence-corrected chi connectivity index (χ0v) is 15.9. The molecule has 1 aliphatic rings. The second kappa shape index (κ2) is 7.84. The predicted octanol–water partition coefficient (Wildman–Crippen LogP) is 2.26. The summed E-state index contributed by atoms with van der Waals surface area (Å²) in [6.45, 7) is 0.841. The largest absolute Gasteiger partial charge is 0.508 e. The van der Waals surface area contributed by atoms with Crippen LogP contribution in [0.1, 0.15) is 5.56 Å². The molecule has 1 saturated heterocycles.